The van der Waals surface area contributed by atoms with E-state index < -0.39 is 5.82 Å². The second-order valence-corrected chi connectivity index (χ2v) is 5.80. The molecule has 1 aliphatic heterocycles. The van der Waals surface area contributed by atoms with Crippen LogP contribution in [-0.4, -0.2) is 30.2 Å². The zero-order chi connectivity index (χ0) is 16.9. The first-order chi connectivity index (χ1) is 11.7. The van der Waals surface area contributed by atoms with Crippen LogP contribution in [-0.2, 0) is 13.0 Å². The standard InChI is InChI=1S/C18H22FN3O2/c1-3-14-11-17(21-18(20-14)22-8-4-5-9-22)24-12-13-6-7-16(23-2)15(19)10-13/h6-7,10-11H,3-5,8-9,12H2,1-2H3. The molecule has 5 nitrogen and oxygen atoms in total. The number of rotatable bonds is 6. The molecule has 0 saturated carbocycles. The third kappa shape index (κ3) is 3.75. The number of ether oxygens (including phenoxy) is 2. The number of hydrogen-bond donors (Lipinski definition) is 0. The van der Waals surface area contributed by atoms with Crippen LogP contribution in [0.25, 0.3) is 0 Å². The first-order valence-corrected chi connectivity index (χ1v) is 8.27. The van der Waals surface area contributed by atoms with Crippen molar-refractivity contribution in [3.05, 3.63) is 41.3 Å². The van der Waals surface area contributed by atoms with Crippen LogP contribution in [0.2, 0.25) is 0 Å². The maximum Gasteiger partial charge on any atom is 0.228 e. The Labute approximate surface area is 141 Å². The van der Waals surface area contributed by atoms with Crippen molar-refractivity contribution in [2.24, 2.45) is 0 Å². The van der Waals surface area contributed by atoms with Gasteiger partial charge in [0.1, 0.15) is 6.61 Å². The van der Waals surface area contributed by atoms with Crippen molar-refractivity contribution in [2.75, 3.05) is 25.1 Å². The van der Waals surface area contributed by atoms with Crippen LogP contribution in [0.4, 0.5) is 10.3 Å². The fourth-order valence-electron chi connectivity index (χ4n) is 2.73. The van der Waals surface area contributed by atoms with E-state index in [1.807, 2.05) is 6.07 Å². The molecule has 0 amide bonds. The van der Waals surface area contributed by atoms with Gasteiger partial charge in [-0.05, 0) is 37.0 Å². The van der Waals surface area contributed by atoms with Crippen LogP contribution in [0.3, 0.4) is 0 Å². The van der Waals surface area contributed by atoms with Crippen molar-refractivity contribution in [1.82, 2.24) is 9.97 Å². The van der Waals surface area contributed by atoms with E-state index in [1.165, 1.54) is 26.0 Å². The Balaban J connectivity index is 1.74. The predicted molar refractivity (Wildman–Crippen MR) is 90.1 cm³/mol. The molecule has 0 N–H and O–H groups in total. The summed E-state index contributed by atoms with van der Waals surface area (Å²) < 4.78 is 24.5. The highest BCUT2D eigenvalue weighted by Gasteiger charge is 2.17. The largest absolute Gasteiger partial charge is 0.494 e. The predicted octanol–water partition coefficient (Wildman–Crippen LogP) is 3.37. The van der Waals surface area contributed by atoms with Gasteiger partial charge in [0, 0.05) is 24.8 Å². The van der Waals surface area contributed by atoms with Gasteiger partial charge < -0.3 is 14.4 Å². The molecule has 1 saturated heterocycles. The van der Waals surface area contributed by atoms with Gasteiger partial charge in [-0.3, -0.25) is 0 Å². The van der Waals surface area contributed by atoms with Crippen LogP contribution < -0.4 is 14.4 Å². The lowest BCUT2D eigenvalue weighted by molar-refractivity contribution is 0.291. The number of anilines is 1. The molecule has 24 heavy (non-hydrogen) atoms. The Morgan fingerprint density at radius 3 is 2.62 bits per heavy atom. The zero-order valence-electron chi connectivity index (χ0n) is 14.1. The van der Waals surface area contributed by atoms with E-state index in [0.29, 0.717) is 5.88 Å². The maximum absolute atomic E-state index is 13.8. The second kappa shape index (κ2) is 7.47. The van der Waals surface area contributed by atoms with Crippen LogP contribution in [0, 0.1) is 5.82 Å². The number of halogens is 1. The Kier molecular flexibility index (Phi) is 5.13. The average Bonchev–Trinajstić information content (AvgIpc) is 3.14. The molecule has 0 spiro atoms. The van der Waals surface area contributed by atoms with Gasteiger partial charge >= 0.3 is 0 Å². The number of methoxy groups -OCH3 is 1. The lowest BCUT2D eigenvalue weighted by atomic mass is 10.2. The summed E-state index contributed by atoms with van der Waals surface area (Å²) in [5.74, 6) is 1.08. The van der Waals surface area contributed by atoms with Gasteiger partial charge in [-0.25, -0.2) is 9.37 Å². The van der Waals surface area contributed by atoms with E-state index in [4.69, 9.17) is 9.47 Å². The Bertz CT molecular complexity index is 703. The van der Waals surface area contributed by atoms with Gasteiger partial charge in [0.05, 0.1) is 7.11 Å². The van der Waals surface area contributed by atoms with Crippen molar-refractivity contribution < 1.29 is 13.9 Å². The number of nitrogens with zero attached hydrogens (tertiary/aromatic N) is 3. The molecule has 2 heterocycles. The van der Waals surface area contributed by atoms with Gasteiger partial charge in [-0.15, -0.1) is 0 Å². The summed E-state index contributed by atoms with van der Waals surface area (Å²) >= 11 is 0. The summed E-state index contributed by atoms with van der Waals surface area (Å²) in [6.07, 6.45) is 3.15. The molecule has 6 heteroatoms. The molecule has 1 aliphatic rings. The highest BCUT2D eigenvalue weighted by Crippen LogP contribution is 2.22. The van der Waals surface area contributed by atoms with E-state index >= 15 is 0 Å². The minimum Gasteiger partial charge on any atom is -0.494 e. The SMILES string of the molecule is CCc1cc(OCc2ccc(OC)c(F)c2)nc(N2CCCC2)n1. The molecule has 0 unspecified atom stereocenters. The van der Waals surface area contributed by atoms with E-state index in [0.717, 1.165) is 36.7 Å². The Morgan fingerprint density at radius 2 is 1.96 bits per heavy atom. The van der Waals surface area contributed by atoms with Gasteiger partial charge in [0.2, 0.25) is 11.8 Å². The van der Waals surface area contributed by atoms with Crippen molar-refractivity contribution >= 4 is 5.95 Å². The molecule has 3 rings (SSSR count). The molecule has 1 aromatic carbocycles. The molecular formula is C18H22FN3O2. The van der Waals surface area contributed by atoms with Crippen molar-refractivity contribution in [3.8, 4) is 11.6 Å². The van der Waals surface area contributed by atoms with Gasteiger partial charge in [0.15, 0.2) is 11.6 Å². The molecule has 2 aromatic rings. The Morgan fingerprint density at radius 1 is 1.17 bits per heavy atom. The summed E-state index contributed by atoms with van der Waals surface area (Å²) in [4.78, 5) is 11.3. The highest BCUT2D eigenvalue weighted by molar-refractivity contribution is 5.36. The van der Waals surface area contributed by atoms with Gasteiger partial charge in [-0.2, -0.15) is 4.98 Å². The summed E-state index contributed by atoms with van der Waals surface area (Å²) in [5, 5.41) is 0. The maximum atomic E-state index is 13.8. The third-order valence-corrected chi connectivity index (χ3v) is 4.10. The van der Waals surface area contributed by atoms with Crippen molar-refractivity contribution in [2.45, 2.75) is 32.8 Å². The van der Waals surface area contributed by atoms with E-state index in [-0.39, 0.29) is 12.4 Å². The molecular weight excluding hydrogens is 309 g/mol. The molecule has 0 radical (unpaired) electrons. The fraction of sp³-hybridized carbons (Fsp3) is 0.444. The summed E-state index contributed by atoms with van der Waals surface area (Å²) in [5.41, 5.74) is 1.68. The van der Waals surface area contributed by atoms with Crippen LogP contribution in [0.15, 0.2) is 24.3 Å². The first kappa shape index (κ1) is 16.5. The van der Waals surface area contributed by atoms with Crippen LogP contribution in [0.1, 0.15) is 31.0 Å². The monoisotopic (exact) mass is 331 g/mol. The quantitative estimate of drug-likeness (QED) is 0.812. The van der Waals surface area contributed by atoms with Gasteiger partial charge in [0.25, 0.3) is 0 Å². The number of hydrogen-bond acceptors (Lipinski definition) is 5. The minimum absolute atomic E-state index is 0.227. The third-order valence-electron chi connectivity index (χ3n) is 4.10. The molecule has 0 aliphatic carbocycles. The van der Waals surface area contributed by atoms with Crippen molar-refractivity contribution in [3.63, 3.8) is 0 Å². The molecule has 0 bridgehead atoms. The lowest BCUT2D eigenvalue weighted by Gasteiger charge is -2.17. The number of aryl methyl sites for hydroxylation is 1. The first-order valence-electron chi connectivity index (χ1n) is 8.27. The van der Waals surface area contributed by atoms with Gasteiger partial charge in [-0.1, -0.05) is 13.0 Å². The summed E-state index contributed by atoms with van der Waals surface area (Å²) in [7, 11) is 1.45. The zero-order valence-corrected chi connectivity index (χ0v) is 14.1. The topological polar surface area (TPSA) is 47.5 Å². The highest BCUT2D eigenvalue weighted by atomic mass is 19.1. The average molecular weight is 331 g/mol. The molecule has 128 valence electrons. The number of benzene rings is 1. The van der Waals surface area contributed by atoms with Crippen molar-refractivity contribution in [1.29, 1.82) is 0 Å². The fourth-order valence-corrected chi connectivity index (χ4v) is 2.73. The van der Waals surface area contributed by atoms with Crippen LogP contribution >= 0.6 is 0 Å². The van der Waals surface area contributed by atoms with E-state index in [2.05, 4.69) is 21.8 Å². The van der Waals surface area contributed by atoms with E-state index in [1.54, 1.807) is 12.1 Å². The lowest BCUT2D eigenvalue weighted by Crippen LogP contribution is -2.21. The summed E-state index contributed by atoms with van der Waals surface area (Å²) in [6.45, 7) is 4.27. The normalized spacial score (nSPS) is 14.0. The molecule has 0 atom stereocenters. The Hall–Kier alpha value is -2.37. The summed E-state index contributed by atoms with van der Waals surface area (Å²) in [6, 6.07) is 6.65. The molecule has 1 aromatic heterocycles. The minimum atomic E-state index is -0.395. The smallest absolute Gasteiger partial charge is 0.228 e. The number of aromatic nitrogens is 2. The molecule has 1 fully saturated rings. The van der Waals surface area contributed by atoms with E-state index in [9.17, 15) is 4.39 Å². The second-order valence-electron chi connectivity index (χ2n) is 5.80. The van der Waals surface area contributed by atoms with Crippen LogP contribution in [0.5, 0.6) is 11.6 Å².